The molecule has 0 radical (unpaired) electrons. The van der Waals surface area contributed by atoms with Crippen molar-refractivity contribution in [1.29, 1.82) is 21.2 Å². The minimum absolute atomic E-state index is 0.124. The molecule has 2 unspecified atom stereocenters. The molecule has 1 saturated carbocycles. The molecular formula is C21H21ClN5+. The van der Waals surface area contributed by atoms with Gasteiger partial charge in [-0.05, 0) is 29.7 Å². The number of halogens is 1. The summed E-state index contributed by atoms with van der Waals surface area (Å²) in [5, 5.41) is 38.8. The third-order valence-electron chi connectivity index (χ3n) is 5.80. The minimum Gasteiger partial charge on any atom is -0.331 e. The molecule has 6 heteroatoms. The van der Waals surface area contributed by atoms with E-state index in [1.54, 1.807) is 6.07 Å². The molecule has 1 aromatic carbocycles. The number of nitriles is 3. The molecule has 2 N–H and O–H groups in total. The summed E-state index contributed by atoms with van der Waals surface area (Å²) >= 11 is 6.46. The summed E-state index contributed by atoms with van der Waals surface area (Å²) in [6, 6.07) is 13.6. The Kier molecular flexibility index (Phi) is 5.33. The largest absolute Gasteiger partial charge is 0.331 e. The van der Waals surface area contributed by atoms with Crippen LogP contribution in [-0.2, 0) is 0 Å². The van der Waals surface area contributed by atoms with Crippen LogP contribution in [0.5, 0.6) is 0 Å². The third-order valence-corrected chi connectivity index (χ3v) is 6.15. The number of nitrogens with zero attached hydrogens (tertiary/aromatic N) is 3. The minimum atomic E-state index is -1.69. The molecule has 27 heavy (non-hydrogen) atoms. The average molecular weight is 379 g/mol. The summed E-state index contributed by atoms with van der Waals surface area (Å²) in [6.45, 7) is 4.64. The van der Waals surface area contributed by atoms with E-state index in [-0.39, 0.29) is 11.6 Å². The van der Waals surface area contributed by atoms with Gasteiger partial charge in [0.25, 0.3) is 0 Å². The fourth-order valence-electron chi connectivity index (χ4n) is 4.59. The van der Waals surface area contributed by atoms with Crippen molar-refractivity contribution in [2.75, 3.05) is 19.6 Å². The Morgan fingerprint density at radius 2 is 1.96 bits per heavy atom. The third kappa shape index (κ3) is 2.92. The second-order valence-electron chi connectivity index (χ2n) is 7.23. The van der Waals surface area contributed by atoms with Gasteiger partial charge in [0.15, 0.2) is 5.41 Å². The SMILES string of the molecule is CCC[NH+]1CC=C2C(C#N)C(=N)C(C#N)(C#N)[C@H](c3ccccc3Cl)[C@@H]2C1. The lowest BCUT2D eigenvalue weighted by Crippen LogP contribution is -3.13. The van der Waals surface area contributed by atoms with Crippen LogP contribution in [0.4, 0.5) is 0 Å². The van der Waals surface area contributed by atoms with Crippen molar-refractivity contribution in [2.24, 2.45) is 17.3 Å². The Morgan fingerprint density at radius 1 is 1.26 bits per heavy atom. The van der Waals surface area contributed by atoms with Crippen LogP contribution >= 0.6 is 11.6 Å². The molecule has 1 aliphatic carbocycles. The van der Waals surface area contributed by atoms with E-state index in [4.69, 9.17) is 17.0 Å². The maximum Gasteiger partial charge on any atom is 0.190 e. The molecule has 0 aromatic heterocycles. The van der Waals surface area contributed by atoms with Crippen LogP contribution in [0.3, 0.4) is 0 Å². The summed E-state index contributed by atoms with van der Waals surface area (Å²) < 4.78 is 0. The number of nitrogens with one attached hydrogen (secondary N) is 2. The highest BCUT2D eigenvalue weighted by atomic mass is 35.5. The monoisotopic (exact) mass is 378 g/mol. The number of benzene rings is 1. The van der Waals surface area contributed by atoms with E-state index in [1.165, 1.54) is 4.90 Å². The molecule has 0 bridgehead atoms. The van der Waals surface area contributed by atoms with Crippen molar-refractivity contribution < 1.29 is 4.90 Å². The second kappa shape index (κ2) is 7.53. The number of hydrogen-bond donors (Lipinski definition) is 2. The van der Waals surface area contributed by atoms with E-state index >= 15 is 0 Å². The Balaban J connectivity index is 2.24. The van der Waals surface area contributed by atoms with Crippen LogP contribution in [0.2, 0.25) is 5.02 Å². The quantitative estimate of drug-likeness (QED) is 0.790. The fourth-order valence-corrected chi connectivity index (χ4v) is 4.84. The van der Waals surface area contributed by atoms with Gasteiger partial charge in [-0.1, -0.05) is 36.7 Å². The zero-order chi connectivity index (χ0) is 19.6. The van der Waals surface area contributed by atoms with E-state index in [1.807, 2.05) is 24.3 Å². The van der Waals surface area contributed by atoms with Crippen molar-refractivity contribution >= 4 is 17.3 Å². The first-order chi connectivity index (χ1) is 13.0. The van der Waals surface area contributed by atoms with Crippen LogP contribution in [-0.4, -0.2) is 25.3 Å². The molecule has 0 amide bonds. The molecule has 5 nitrogen and oxygen atoms in total. The molecule has 0 spiro atoms. The van der Waals surface area contributed by atoms with Gasteiger partial charge in [-0.3, -0.25) is 0 Å². The Labute approximate surface area is 164 Å². The lowest BCUT2D eigenvalue weighted by Gasteiger charge is -2.46. The standard InChI is InChI=1S/C21H20ClN5/c1-2-8-27-9-7-14-16(10-23)20(26)21(12-24,13-25)19(17(14)11-27)15-5-3-4-6-18(15)22/h3-7,16-17,19,26H,2,8-9,11H2,1H3/p+1/t16?,17-,19-/m1/s1. The molecule has 1 aromatic rings. The number of fused-ring (bicyclic) bond motifs is 1. The summed E-state index contributed by atoms with van der Waals surface area (Å²) in [4.78, 5) is 1.36. The molecule has 0 saturated heterocycles. The van der Waals surface area contributed by atoms with Gasteiger partial charge in [0, 0.05) is 16.9 Å². The zero-order valence-corrected chi connectivity index (χ0v) is 15.9. The Bertz CT molecular complexity index is 900. The van der Waals surface area contributed by atoms with E-state index in [0.29, 0.717) is 10.6 Å². The van der Waals surface area contributed by atoms with Crippen molar-refractivity contribution in [3.63, 3.8) is 0 Å². The number of hydrogen-bond acceptors (Lipinski definition) is 4. The fraction of sp³-hybridized carbons (Fsp3) is 0.429. The van der Waals surface area contributed by atoms with E-state index in [0.717, 1.165) is 31.6 Å². The van der Waals surface area contributed by atoms with E-state index in [2.05, 4.69) is 25.1 Å². The average Bonchev–Trinajstić information content (AvgIpc) is 2.68. The van der Waals surface area contributed by atoms with Gasteiger partial charge in [0.1, 0.15) is 5.92 Å². The van der Waals surface area contributed by atoms with Crippen molar-refractivity contribution in [1.82, 2.24) is 0 Å². The molecular weight excluding hydrogens is 358 g/mol. The van der Waals surface area contributed by atoms with Crippen molar-refractivity contribution in [2.45, 2.75) is 19.3 Å². The molecule has 1 heterocycles. The second-order valence-corrected chi connectivity index (χ2v) is 7.63. The molecule has 136 valence electrons. The summed E-state index contributed by atoms with van der Waals surface area (Å²) in [6.07, 6.45) is 3.07. The normalized spacial score (nSPS) is 28.9. The Hall–Kier alpha value is -2.65. The molecule has 2 aliphatic rings. The van der Waals surface area contributed by atoms with Crippen LogP contribution in [0.25, 0.3) is 0 Å². The van der Waals surface area contributed by atoms with Crippen LogP contribution in [0, 0.1) is 56.7 Å². The number of quaternary nitrogens is 1. The predicted molar refractivity (Wildman–Crippen MR) is 102 cm³/mol. The van der Waals surface area contributed by atoms with Crippen LogP contribution < -0.4 is 4.90 Å². The maximum absolute atomic E-state index is 10.0. The lowest BCUT2D eigenvalue weighted by molar-refractivity contribution is -0.899. The molecule has 1 fully saturated rings. The van der Waals surface area contributed by atoms with Gasteiger partial charge in [0.05, 0.1) is 43.6 Å². The summed E-state index contributed by atoms with van der Waals surface area (Å²) in [5.74, 6) is -1.55. The number of rotatable bonds is 3. The van der Waals surface area contributed by atoms with Gasteiger partial charge >= 0.3 is 0 Å². The first kappa shape index (κ1) is 19.1. The molecule has 1 aliphatic heterocycles. The van der Waals surface area contributed by atoms with Gasteiger partial charge in [0.2, 0.25) is 0 Å². The summed E-state index contributed by atoms with van der Waals surface area (Å²) in [5.41, 5.74) is -0.242. The highest BCUT2D eigenvalue weighted by Crippen LogP contribution is 2.53. The van der Waals surface area contributed by atoms with Crippen molar-refractivity contribution in [3.8, 4) is 18.2 Å². The van der Waals surface area contributed by atoms with Crippen LogP contribution in [0.1, 0.15) is 24.8 Å². The predicted octanol–water partition coefficient (Wildman–Crippen LogP) is 2.48. The summed E-state index contributed by atoms with van der Waals surface area (Å²) in [7, 11) is 0. The first-order valence-electron chi connectivity index (χ1n) is 9.13. The van der Waals surface area contributed by atoms with Crippen LogP contribution in [0.15, 0.2) is 35.9 Å². The Morgan fingerprint density at radius 3 is 2.56 bits per heavy atom. The highest BCUT2D eigenvalue weighted by molar-refractivity contribution is 6.31. The highest BCUT2D eigenvalue weighted by Gasteiger charge is 2.58. The van der Waals surface area contributed by atoms with Gasteiger partial charge in [-0.25, -0.2) is 0 Å². The molecule has 3 rings (SSSR count). The van der Waals surface area contributed by atoms with Gasteiger partial charge < -0.3 is 10.3 Å². The van der Waals surface area contributed by atoms with Gasteiger partial charge in [-0.15, -0.1) is 0 Å². The first-order valence-corrected chi connectivity index (χ1v) is 9.50. The zero-order valence-electron chi connectivity index (χ0n) is 15.2. The lowest BCUT2D eigenvalue weighted by atomic mass is 9.54. The van der Waals surface area contributed by atoms with Gasteiger partial charge in [-0.2, -0.15) is 15.8 Å². The van der Waals surface area contributed by atoms with E-state index < -0.39 is 17.3 Å². The smallest absolute Gasteiger partial charge is 0.190 e. The topological polar surface area (TPSA) is 99.7 Å². The molecule has 4 atom stereocenters. The van der Waals surface area contributed by atoms with Crippen molar-refractivity contribution in [3.05, 3.63) is 46.5 Å². The van der Waals surface area contributed by atoms with E-state index in [9.17, 15) is 15.8 Å². The maximum atomic E-state index is 10.0.